The maximum Gasteiger partial charge on any atom is 0.276 e. The second kappa shape index (κ2) is 7.50. The SMILES string of the molecule is Cc1ccc(O)c(C(=O)NNC(=O)COc2ccc(C)c(C)c2)c1. The summed E-state index contributed by atoms with van der Waals surface area (Å²) in [5.74, 6) is -0.681. The molecule has 6 nitrogen and oxygen atoms in total. The van der Waals surface area contributed by atoms with Crippen LogP contribution in [0.2, 0.25) is 0 Å². The van der Waals surface area contributed by atoms with E-state index in [9.17, 15) is 14.7 Å². The first-order chi connectivity index (χ1) is 11.4. The van der Waals surface area contributed by atoms with Gasteiger partial charge in [-0.25, -0.2) is 0 Å². The molecule has 0 heterocycles. The Bertz CT molecular complexity index is 772. The predicted molar refractivity (Wildman–Crippen MR) is 89.9 cm³/mol. The molecular weight excluding hydrogens is 308 g/mol. The van der Waals surface area contributed by atoms with Crippen LogP contribution in [0.15, 0.2) is 36.4 Å². The maximum atomic E-state index is 12.0. The van der Waals surface area contributed by atoms with E-state index in [-0.39, 0.29) is 17.9 Å². The Labute approximate surface area is 140 Å². The van der Waals surface area contributed by atoms with Crippen molar-refractivity contribution in [1.29, 1.82) is 0 Å². The minimum atomic E-state index is -0.601. The van der Waals surface area contributed by atoms with Crippen LogP contribution in [0.5, 0.6) is 11.5 Å². The molecule has 0 atom stereocenters. The fraction of sp³-hybridized carbons (Fsp3) is 0.222. The van der Waals surface area contributed by atoms with Gasteiger partial charge < -0.3 is 9.84 Å². The maximum absolute atomic E-state index is 12.0. The van der Waals surface area contributed by atoms with Crippen molar-refractivity contribution in [3.63, 3.8) is 0 Å². The Hall–Kier alpha value is -3.02. The van der Waals surface area contributed by atoms with Crippen molar-refractivity contribution in [2.45, 2.75) is 20.8 Å². The van der Waals surface area contributed by atoms with Gasteiger partial charge in [-0.1, -0.05) is 17.7 Å². The largest absolute Gasteiger partial charge is 0.507 e. The van der Waals surface area contributed by atoms with E-state index in [1.807, 2.05) is 26.0 Å². The Morgan fingerprint density at radius 1 is 1.00 bits per heavy atom. The number of phenolic OH excluding ortho intramolecular Hbond substituents is 1. The van der Waals surface area contributed by atoms with Crippen LogP contribution in [0, 0.1) is 20.8 Å². The Morgan fingerprint density at radius 3 is 2.46 bits per heavy atom. The van der Waals surface area contributed by atoms with Crippen molar-refractivity contribution in [2.75, 3.05) is 6.61 Å². The number of carbonyl (C=O) groups is 2. The third-order valence-electron chi connectivity index (χ3n) is 3.56. The van der Waals surface area contributed by atoms with Gasteiger partial charge in [0, 0.05) is 0 Å². The van der Waals surface area contributed by atoms with Gasteiger partial charge in [-0.3, -0.25) is 20.4 Å². The molecule has 0 fully saturated rings. The Morgan fingerprint density at radius 2 is 1.75 bits per heavy atom. The average Bonchev–Trinajstić information content (AvgIpc) is 2.56. The van der Waals surface area contributed by atoms with Gasteiger partial charge >= 0.3 is 0 Å². The van der Waals surface area contributed by atoms with Gasteiger partial charge in [-0.15, -0.1) is 0 Å². The van der Waals surface area contributed by atoms with E-state index in [0.29, 0.717) is 5.75 Å². The van der Waals surface area contributed by atoms with Crippen molar-refractivity contribution in [2.24, 2.45) is 0 Å². The average molecular weight is 328 g/mol. The molecule has 0 aliphatic carbocycles. The number of benzene rings is 2. The molecule has 0 bridgehead atoms. The first-order valence-electron chi connectivity index (χ1n) is 7.45. The Balaban J connectivity index is 1.85. The number of aryl methyl sites for hydroxylation is 3. The highest BCUT2D eigenvalue weighted by molar-refractivity contribution is 5.98. The summed E-state index contributed by atoms with van der Waals surface area (Å²) in [6.45, 7) is 5.51. The molecule has 24 heavy (non-hydrogen) atoms. The molecule has 0 radical (unpaired) electrons. The normalized spacial score (nSPS) is 10.1. The van der Waals surface area contributed by atoms with Crippen LogP contribution < -0.4 is 15.6 Å². The van der Waals surface area contributed by atoms with Crippen LogP contribution in [-0.4, -0.2) is 23.5 Å². The third-order valence-corrected chi connectivity index (χ3v) is 3.56. The molecule has 3 N–H and O–H groups in total. The lowest BCUT2D eigenvalue weighted by atomic mass is 10.1. The standard InChI is InChI=1S/C18H20N2O4/c1-11-4-7-16(21)15(8-11)18(23)20-19-17(22)10-24-14-6-5-12(2)13(3)9-14/h4-9,21H,10H2,1-3H3,(H,19,22)(H,20,23). The summed E-state index contributed by atoms with van der Waals surface area (Å²) >= 11 is 0. The molecule has 2 rings (SSSR count). The fourth-order valence-electron chi connectivity index (χ4n) is 2.01. The van der Waals surface area contributed by atoms with E-state index in [4.69, 9.17) is 4.74 Å². The second-order valence-corrected chi connectivity index (χ2v) is 5.56. The monoisotopic (exact) mass is 328 g/mol. The van der Waals surface area contributed by atoms with Gasteiger partial charge in [-0.05, 0) is 56.2 Å². The van der Waals surface area contributed by atoms with Crippen molar-refractivity contribution < 1.29 is 19.4 Å². The zero-order valence-corrected chi connectivity index (χ0v) is 13.8. The molecule has 0 aliphatic rings. The van der Waals surface area contributed by atoms with Crippen LogP contribution >= 0.6 is 0 Å². The first-order valence-corrected chi connectivity index (χ1v) is 7.45. The Kier molecular flexibility index (Phi) is 5.42. The molecular formula is C18H20N2O4. The second-order valence-electron chi connectivity index (χ2n) is 5.56. The number of hydrogen-bond donors (Lipinski definition) is 3. The van der Waals surface area contributed by atoms with Gasteiger partial charge in [0.2, 0.25) is 0 Å². The first kappa shape index (κ1) is 17.3. The summed E-state index contributed by atoms with van der Waals surface area (Å²) in [5.41, 5.74) is 7.61. The smallest absolute Gasteiger partial charge is 0.276 e. The highest BCUT2D eigenvalue weighted by Crippen LogP contribution is 2.18. The molecule has 6 heteroatoms. The molecule has 126 valence electrons. The van der Waals surface area contributed by atoms with Crippen LogP contribution in [0.25, 0.3) is 0 Å². The molecule has 2 aromatic rings. The number of ether oxygens (including phenoxy) is 1. The summed E-state index contributed by atoms with van der Waals surface area (Å²) in [5, 5.41) is 9.67. The summed E-state index contributed by atoms with van der Waals surface area (Å²) in [6, 6.07) is 10.2. The summed E-state index contributed by atoms with van der Waals surface area (Å²) < 4.78 is 5.37. The molecule has 0 saturated carbocycles. The van der Waals surface area contributed by atoms with Gasteiger partial charge in [0.05, 0.1) is 5.56 Å². The molecule has 0 saturated heterocycles. The number of rotatable bonds is 4. The predicted octanol–water partition coefficient (Wildman–Crippen LogP) is 2.16. The summed E-state index contributed by atoms with van der Waals surface area (Å²) in [6.07, 6.45) is 0. The van der Waals surface area contributed by atoms with Crippen LogP contribution in [0.4, 0.5) is 0 Å². The van der Waals surface area contributed by atoms with E-state index < -0.39 is 11.8 Å². The molecule has 0 spiro atoms. The molecule has 0 aliphatic heterocycles. The number of aromatic hydroxyl groups is 1. The number of hydrazine groups is 1. The van der Waals surface area contributed by atoms with E-state index in [1.165, 1.54) is 12.1 Å². The van der Waals surface area contributed by atoms with Crippen molar-refractivity contribution in [1.82, 2.24) is 10.9 Å². The number of amides is 2. The topological polar surface area (TPSA) is 87.7 Å². The van der Waals surface area contributed by atoms with Crippen LogP contribution in [0.1, 0.15) is 27.0 Å². The number of phenols is 1. The lowest BCUT2D eigenvalue weighted by molar-refractivity contribution is -0.123. The molecule has 0 aromatic heterocycles. The van der Waals surface area contributed by atoms with E-state index in [0.717, 1.165) is 16.7 Å². The fourth-order valence-corrected chi connectivity index (χ4v) is 2.01. The highest BCUT2D eigenvalue weighted by Gasteiger charge is 2.12. The highest BCUT2D eigenvalue weighted by atomic mass is 16.5. The summed E-state index contributed by atoms with van der Waals surface area (Å²) in [7, 11) is 0. The van der Waals surface area contributed by atoms with E-state index >= 15 is 0 Å². The van der Waals surface area contributed by atoms with E-state index in [2.05, 4.69) is 10.9 Å². The quantitative estimate of drug-likeness (QED) is 0.751. The van der Waals surface area contributed by atoms with Gasteiger partial charge in [0.15, 0.2) is 6.61 Å². The van der Waals surface area contributed by atoms with Gasteiger partial charge in [0.25, 0.3) is 11.8 Å². The zero-order valence-electron chi connectivity index (χ0n) is 13.8. The lowest BCUT2D eigenvalue weighted by Crippen LogP contribution is -2.43. The van der Waals surface area contributed by atoms with Crippen LogP contribution in [0.3, 0.4) is 0 Å². The number of nitrogens with one attached hydrogen (secondary N) is 2. The van der Waals surface area contributed by atoms with Gasteiger partial charge in [0.1, 0.15) is 11.5 Å². The third kappa shape index (κ3) is 4.49. The zero-order chi connectivity index (χ0) is 17.7. The minimum absolute atomic E-state index is 0.0883. The molecule has 0 unspecified atom stereocenters. The number of hydrogen-bond acceptors (Lipinski definition) is 4. The van der Waals surface area contributed by atoms with E-state index in [1.54, 1.807) is 19.1 Å². The van der Waals surface area contributed by atoms with Crippen LogP contribution in [-0.2, 0) is 4.79 Å². The van der Waals surface area contributed by atoms with Crippen molar-refractivity contribution in [3.8, 4) is 11.5 Å². The van der Waals surface area contributed by atoms with Crippen molar-refractivity contribution in [3.05, 3.63) is 58.7 Å². The van der Waals surface area contributed by atoms with Gasteiger partial charge in [-0.2, -0.15) is 0 Å². The summed E-state index contributed by atoms with van der Waals surface area (Å²) in [4.78, 5) is 23.7. The molecule has 2 aromatic carbocycles. The lowest BCUT2D eigenvalue weighted by Gasteiger charge is -2.10. The van der Waals surface area contributed by atoms with Crippen molar-refractivity contribution >= 4 is 11.8 Å². The molecule has 2 amide bonds. The number of carbonyl (C=O) groups excluding carboxylic acids is 2. The minimum Gasteiger partial charge on any atom is -0.507 e.